The first-order valence-corrected chi connectivity index (χ1v) is 7.81. The number of aromatic nitrogens is 1. The maximum absolute atomic E-state index is 11.8. The number of hydrogen-bond donors (Lipinski definition) is 2. The van der Waals surface area contributed by atoms with Crippen LogP contribution in [0.1, 0.15) is 32.0 Å². The number of carboxylic acid groups (broad SMARTS) is 1. The Morgan fingerprint density at radius 2 is 2.04 bits per heavy atom. The van der Waals surface area contributed by atoms with Crippen LogP contribution in [0.5, 0.6) is 0 Å². The number of rotatable bonds is 4. The van der Waals surface area contributed by atoms with Crippen molar-refractivity contribution in [1.82, 2.24) is 9.88 Å². The molecule has 0 saturated carbocycles. The molecule has 1 unspecified atom stereocenters. The van der Waals surface area contributed by atoms with Crippen LogP contribution in [0, 0.1) is 11.3 Å². The van der Waals surface area contributed by atoms with Gasteiger partial charge in [0.15, 0.2) is 0 Å². The van der Waals surface area contributed by atoms with E-state index in [9.17, 15) is 14.7 Å². The number of aliphatic carboxylic acids is 1. The molecule has 0 aliphatic carbocycles. The van der Waals surface area contributed by atoms with Crippen molar-refractivity contribution in [2.75, 3.05) is 0 Å². The third-order valence-corrected chi connectivity index (χ3v) is 3.65. The molecule has 25 heavy (non-hydrogen) atoms. The Balaban J connectivity index is 2.19. The van der Waals surface area contributed by atoms with E-state index in [0.717, 1.165) is 16.5 Å². The van der Waals surface area contributed by atoms with Crippen LogP contribution in [-0.2, 0) is 23.0 Å². The quantitative estimate of drug-likeness (QED) is 0.888. The van der Waals surface area contributed by atoms with E-state index in [4.69, 9.17) is 10.00 Å². The smallest absolute Gasteiger partial charge is 0.408 e. The number of carboxylic acids is 1. The average molecular weight is 343 g/mol. The number of ether oxygens (including phenoxy) is 1. The lowest BCUT2D eigenvalue weighted by atomic mass is 10.0. The van der Waals surface area contributed by atoms with Crippen LogP contribution in [0.2, 0.25) is 0 Å². The van der Waals surface area contributed by atoms with Crippen LogP contribution in [0.3, 0.4) is 0 Å². The van der Waals surface area contributed by atoms with E-state index in [2.05, 4.69) is 11.4 Å². The summed E-state index contributed by atoms with van der Waals surface area (Å²) in [5.74, 6) is -1.14. The Morgan fingerprint density at radius 3 is 2.60 bits per heavy atom. The van der Waals surface area contributed by atoms with E-state index in [1.54, 1.807) is 44.5 Å². The molecule has 1 atom stereocenters. The Morgan fingerprint density at radius 1 is 1.36 bits per heavy atom. The van der Waals surface area contributed by atoms with Crippen molar-refractivity contribution in [2.24, 2.45) is 7.05 Å². The van der Waals surface area contributed by atoms with Crippen LogP contribution in [0.25, 0.3) is 10.9 Å². The number of nitriles is 1. The fraction of sp³-hybridized carbons (Fsp3) is 0.389. The summed E-state index contributed by atoms with van der Waals surface area (Å²) >= 11 is 0. The van der Waals surface area contributed by atoms with Gasteiger partial charge in [0, 0.05) is 24.4 Å². The van der Waals surface area contributed by atoms with E-state index in [1.165, 1.54) is 0 Å². The summed E-state index contributed by atoms with van der Waals surface area (Å²) in [7, 11) is 1.80. The monoisotopic (exact) mass is 343 g/mol. The maximum atomic E-state index is 11.8. The largest absolute Gasteiger partial charge is 0.480 e. The van der Waals surface area contributed by atoms with Gasteiger partial charge < -0.3 is 19.7 Å². The Hall–Kier alpha value is -3.01. The molecule has 0 saturated heterocycles. The van der Waals surface area contributed by atoms with Gasteiger partial charge in [-0.05, 0) is 44.5 Å². The highest BCUT2D eigenvalue weighted by Crippen LogP contribution is 2.21. The van der Waals surface area contributed by atoms with Crippen LogP contribution < -0.4 is 5.32 Å². The van der Waals surface area contributed by atoms with Gasteiger partial charge in [0.25, 0.3) is 0 Å². The van der Waals surface area contributed by atoms with E-state index in [-0.39, 0.29) is 6.42 Å². The van der Waals surface area contributed by atoms with Crippen molar-refractivity contribution < 1.29 is 19.4 Å². The van der Waals surface area contributed by atoms with Crippen LogP contribution in [-0.4, -0.2) is 33.4 Å². The van der Waals surface area contributed by atoms with E-state index < -0.39 is 23.7 Å². The summed E-state index contributed by atoms with van der Waals surface area (Å²) < 4.78 is 6.88. The summed E-state index contributed by atoms with van der Waals surface area (Å²) in [4.78, 5) is 23.3. The SMILES string of the molecule is Cn1c(C#N)cc2cc(CC(NC(=O)OC(C)(C)C)C(=O)O)ccc21. The molecular formula is C18H21N3O4. The number of alkyl carbamates (subject to hydrolysis) is 1. The van der Waals surface area contributed by atoms with Gasteiger partial charge in [-0.15, -0.1) is 0 Å². The molecule has 1 heterocycles. The molecule has 2 aromatic rings. The maximum Gasteiger partial charge on any atom is 0.408 e. The van der Waals surface area contributed by atoms with Gasteiger partial charge in [0.05, 0.1) is 0 Å². The lowest BCUT2D eigenvalue weighted by Crippen LogP contribution is -2.44. The fourth-order valence-corrected chi connectivity index (χ4v) is 2.52. The van der Waals surface area contributed by atoms with Gasteiger partial charge >= 0.3 is 12.1 Å². The topological polar surface area (TPSA) is 104 Å². The molecular weight excluding hydrogens is 322 g/mol. The van der Waals surface area contributed by atoms with Gasteiger partial charge in [-0.1, -0.05) is 6.07 Å². The average Bonchev–Trinajstić information content (AvgIpc) is 2.80. The van der Waals surface area contributed by atoms with Gasteiger partial charge in [-0.2, -0.15) is 5.26 Å². The number of carbonyl (C=O) groups excluding carboxylic acids is 1. The van der Waals surface area contributed by atoms with Crippen molar-refractivity contribution in [3.63, 3.8) is 0 Å². The molecule has 1 aromatic heterocycles. The highest BCUT2D eigenvalue weighted by Gasteiger charge is 2.24. The summed E-state index contributed by atoms with van der Waals surface area (Å²) in [5.41, 5.74) is 1.44. The molecule has 0 aliphatic heterocycles. The molecule has 7 nitrogen and oxygen atoms in total. The summed E-state index contributed by atoms with van der Waals surface area (Å²) in [6.45, 7) is 5.12. The third-order valence-electron chi connectivity index (χ3n) is 3.65. The van der Waals surface area contributed by atoms with Crippen molar-refractivity contribution >= 4 is 23.0 Å². The van der Waals surface area contributed by atoms with E-state index in [0.29, 0.717) is 5.69 Å². The Bertz CT molecular complexity index is 856. The molecule has 0 fully saturated rings. The van der Waals surface area contributed by atoms with Crippen molar-refractivity contribution in [2.45, 2.75) is 38.8 Å². The number of nitrogens with one attached hydrogen (secondary N) is 1. The number of amides is 1. The zero-order valence-electron chi connectivity index (χ0n) is 14.7. The zero-order valence-corrected chi connectivity index (χ0v) is 14.7. The highest BCUT2D eigenvalue weighted by molar-refractivity contribution is 5.84. The lowest BCUT2D eigenvalue weighted by molar-refractivity contribution is -0.139. The first-order valence-electron chi connectivity index (χ1n) is 7.81. The lowest BCUT2D eigenvalue weighted by Gasteiger charge is -2.22. The molecule has 2 rings (SSSR count). The number of benzene rings is 1. The van der Waals surface area contributed by atoms with Crippen LogP contribution in [0.15, 0.2) is 24.3 Å². The first kappa shape index (κ1) is 18.3. The van der Waals surface area contributed by atoms with Gasteiger partial charge in [0.1, 0.15) is 23.4 Å². The zero-order chi connectivity index (χ0) is 18.8. The molecule has 0 aliphatic rings. The standard InChI is InChI=1S/C18H21N3O4/c1-18(2,3)25-17(24)20-14(16(22)23)8-11-5-6-15-12(7-11)9-13(10-19)21(15)4/h5-7,9,14H,8H2,1-4H3,(H,20,24)(H,22,23). The van der Waals surface area contributed by atoms with Crippen LogP contribution >= 0.6 is 0 Å². The number of nitrogens with zero attached hydrogens (tertiary/aromatic N) is 2. The summed E-state index contributed by atoms with van der Waals surface area (Å²) in [5, 5.41) is 21.7. The second-order valence-electron chi connectivity index (χ2n) is 6.83. The predicted octanol–water partition coefficient (Wildman–Crippen LogP) is 2.57. The Kier molecular flexibility index (Phi) is 5.02. The molecule has 2 N–H and O–H groups in total. The molecule has 1 aromatic carbocycles. The van der Waals surface area contributed by atoms with Crippen molar-refractivity contribution in [1.29, 1.82) is 5.26 Å². The second-order valence-corrected chi connectivity index (χ2v) is 6.83. The van der Waals surface area contributed by atoms with Crippen molar-refractivity contribution in [3.8, 4) is 6.07 Å². The van der Waals surface area contributed by atoms with E-state index in [1.807, 2.05) is 12.1 Å². The predicted molar refractivity (Wildman–Crippen MR) is 92.1 cm³/mol. The number of aryl methyl sites for hydroxylation is 1. The molecule has 132 valence electrons. The number of fused-ring (bicyclic) bond motifs is 1. The third kappa shape index (κ3) is 4.51. The summed E-state index contributed by atoms with van der Waals surface area (Å²) in [6.07, 6.45) is -0.658. The number of hydrogen-bond acceptors (Lipinski definition) is 4. The summed E-state index contributed by atoms with van der Waals surface area (Å²) in [6, 6.07) is 8.19. The molecule has 0 radical (unpaired) electrons. The van der Waals surface area contributed by atoms with Gasteiger partial charge in [0.2, 0.25) is 0 Å². The van der Waals surface area contributed by atoms with E-state index >= 15 is 0 Å². The molecule has 1 amide bonds. The molecule has 0 bridgehead atoms. The molecule has 0 spiro atoms. The number of carbonyl (C=O) groups is 2. The van der Waals surface area contributed by atoms with Crippen LogP contribution in [0.4, 0.5) is 4.79 Å². The van der Waals surface area contributed by atoms with Crippen molar-refractivity contribution in [3.05, 3.63) is 35.5 Å². The Labute approximate surface area is 145 Å². The fourth-order valence-electron chi connectivity index (χ4n) is 2.52. The van der Waals surface area contributed by atoms with Gasteiger partial charge in [-0.25, -0.2) is 9.59 Å². The van der Waals surface area contributed by atoms with Gasteiger partial charge in [-0.3, -0.25) is 0 Å². The normalized spacial score (nSPS) is 12.4. The highest BCUT2D eigenvalue weighted by atomic mass is 16.6. The second kappa shape index (κ2) is 6.85. The first-order chi connectivity index (χ1) is 11.6. The molecule has 7 heteroatoms. The minimum Gasteiger partial charge on any atom is -0.480 e. The minimum atomic E-state index is -1.14. The minimum absolute atomic E-state index is 0.112.